The highest BCUT2D eigenvalue weighted by atomic mass is 16.4. The first-order valence-electron chi connectivity index (χ1n) is 6.12. The van der Waals surface area contributed by atoms with Crippen LogP contribution in [-0.2, 0) is 13.5 Å². The molecule has 0 saturated heterocycles. The van der Waals surface area contributed by atoms with Gasteiger partial charge in [-0.1, -0.05) is 19.1 Å². The molecule has 1 atom stereocenters. The third-order valence-corrected chi connectivity index (χ3v) is 3.12. The second-order valence-electron chi connectivity index (χ2n) is 4.62. The second-order valence-corrected chi connectivity index (χ2v) is 4.62. The Morgan fingerprint density at radius 3 is 2.95 bits per heavy atom. The van der Waals surface area contributed by atoms with Gasteiger partial charge in [-0.05, 0) is 23.6 Å². The zero-order chi connectivity index (χ0) is 13.8. The molecule has 0 spiro atoms. The SMILES string of the molecule is CC(Cc1nccn1C)c1cccc(NC(=O)O)c1. The number of aryl methyl sites for hydroxylation is 1. The monoisotopic (exact) mass is 259 g/mol. The third kappa shape index (κ3) is 3.34. The number of aromatic nitrogens is 2. The van der Waals surface area contributed by atoms with E-state index in [1.54, 1.807) is 12.3 Å². The van der Waals surface area contributed by atoms with Crippen molar-refractivity contribution in [2.24, 2.45) is 7.05 Å². The van der Waals surface area contributed by atoms with Crippen LogP contribution in [-0.4, -0.2) is 20.8 Å². The van der Waals surface area contributed by atoms with Crippen molar-refractivity contribution in [3.05, 3.63) is 48.0 Å². The van der Waals surface area contributed by atoms with Crippen molar-refractivity contribution < 1.29 is 9.90 Å². The molecule has 5 nitrogen and oxygen atoms in total. The molecular formula is C14H17N3O2. The molecule has 0 aliphatic heterocycles. The smallest absolute Gasteiger partial charge is 0.409 e. The minimum atomic E-state index is -1.05. The number of hydrogen-bond donors (Lipinski definition) is 2. The molecule has 1 amide bonds. The van der Waals surface area contributed by atoms with Gasteiger partial charge in [0.1, 0.15) is 5.82 Å². The van der Waals surface area contributed by atoms with Crippen LogP contribution in [0.2, 0.25) is 0 Å². The zero-order valence-electron chi connectivity index (χ0n) is 11.0. The Balaban J connectivity index is 2.12. The predicted octanol–water partition coefficient (Wildman–Crippen LogP) is 2.86. The number of amides is 1. The Hall–Kier alpha value is -2.30. The minimum Gasteiger partial charge on any atom is -0.465 e. The number of carboxylic acid groups (broad SMARTS) is 1. The van der Waals surface area contributed by atoms with Crippen LogP contribution < -0.4 is 5.32 Å². The summed E-state index contributed by atoms with van der Waals surface area (Å²) in [5.41, 5.74) is 1.69. The van der Waals surface area contributed by atoms with Gasteiger partial charge in [0.25, 0.3) is 0 Å². The molecule has 2 N–H and O–H groups in total. The maximum Gasteiger partial charge on any atom is 0.409 e. The van der Waals surface area contributed by atoms with Gasteiger partial charge in [-0.25, -0.2) is 9.78 Å². The molecule has 19 heavy (non-hydrogen) atoms. The number of hydrogen-bond acceptors (Lipinski definition) is 2. The molecule has 0 radical (unpaired) electrons. The Morgan fingerprint density at radius 2 is 2.32 bits per heavy atom. The highest BCUT2D eigenvalue weighted by Crippen LogP contribution is 2.22. The first-order valence-corrected chi connectivity index (χ1v) is 6.12. The zero-order valence-corrected chi connectivity index (χ0v) is 11.0. The summed E-state index contributed by atoms with van der Waals surface area (Å²) in [5.74, 6) is 1.29. The first-order chi connectivity index (χ1) is 9.06. The van der Waals surface area contributed by atoms with Crippen LogP contribution in [0.15, 0.2) is 36.7 Å². The summed E-state index contributed by atoms with van der Waals surface area (Å²) in [6.07, 6.45) is 3.48. The molecule has 1 aromatic heterocycles. The number of carbonyl (C=O) groups is 1. The van der Waals surface area contributed by atoms with Crippen molar-refractivity contribution >= 4 is 11.8 Å². The van der Waals surface area contributed by atoms with Gasteiger partial charge in [0.05, 0.1) is 0 Å². The molecular weight excluding hydrogens is 242 g/mol. The standard InChI is InChI=1S/C14H17N3O2/c1-10(8-13-15-6-7-17(13)2)11-4-3-5-12(9-11)16-14(18)19/h3-7,9-10,16H,8H2,1-2H3,(H,18,19). The normalized spacial score (nSPS) is 12.1. The van der Waals surface area contributed by atoms with Crippen molar-refractivity contribution in [2.75, 3.05) is 5.32 Å². The van der Waals surface area contributed by atoms with E-state index in [0.29, 0.717) is 5.69 Å². The minimum absolute atomic E-state index is 0.275. The van der Waals surface area contributed by atoms with Crippen LogP contribution in [0, 0.1) is 0 Å². The molecule has 2 rings (SSSR count). The Kier molecular flexibility index (Phi) is 3.85. The van der Waals surface area contributed by atoms with Gasteiger partial charge >= 0.3 is 6.09 Å². The second kappa shape index (κ2) is 5.56. The van der Waals surface area contributed by atoms with Gasteiger partial charge in [-0.3, -0.25) is 5.32 Å². The van der Waals surface area contributed by atoms with Crippen LogP contribution in [0.1, 0.15) is 24.2 Å². The quantitative estimate of drug-likeness (QED) is 0.887. The lowest BCUT2D eigenvalue weighted by Gasteiger charge is -2.13. The highest BCUT2D eigenvalue weighted by Gasteiger charge is 2.10. The van der Waals surface area contributed by atoms with Crippen LogP contribution in [0.25, 0.3) is 0 Å². The fraction of sp³-hybridized carbons (Fsp3) is 0.286. The van der Waals surface area contributed by atoms with Crippen molar-refractivity contribution in [3.63, 3.8) is 0 Å². The van der Waals surface area contributed by atoms with E-state index in [2.05, 4.69) is 17.2 Å². The lowest BCUT2D eigenvalue weighted by atomic mass is 9.97. The summed E-state index contributed by atoms with van der Waals surface area (Å²) in [7, 11) is 1.97. The number of anilines is 1. The molecule has 1 unspecified atom stereocenters. The largest absolute Gasteiger partial charge is 0.465 e. The average Bonchev–Trinajstić information content (AvgIpc) is 2.74. The van der Waals surface area contributed by atoms with Gasteiger partial charge in [-0.15, -0.1) is 0 Å². The fourth-order valence-electron chi connectivity index (χ4n) is 2.03. The lowest BCUT2D eigenvalue weighted by molar-refractivity contribution is 0.210. The summed E-state index contributed by atoms with van der Waals surface area (Å²) < 4.78 is 2.00. The van der Waals surface area contributed by atoms with Crippen LogP contribution in [0.4, 0.5) is 10.5 Å². The maximum atomic E-state index is 10.6. The number of imidazole rings is 1. The molecule has 1 aromatic carbocycles. The fourth-order valence-corrected chi connectivity index (χ4v) is 2.03. The molecule has 0 bridgehead atoms. The molecule has 1 heterocycles. The molecule has 0 aliphatic carbocycles. The number of nitrogens with one attached hydrogen (secondary N) is 1. The summed E-state index contributed by atoms with van der Waals surface area (Å²) in [6.45, 7) is 2.11. The van der Waals surface area contributed by atoms with Crippen molar-refractivity contribution in [2.45, 2.75) is 19.3 Å². The number of nitrogens with zero attached hydrogens (tertiary/aromatic N) is 2. The molecule has 2 aromatic rings. The van der Waals surface area contributed by atoms with Gasteiger partial charge in [0.15, 0.2) is 0 Å². The van der Waals surface area contributed by atoms with E-state index >= 15 is 0 Å². The number of benzene rings is 1. The number of rotatable bonds is 4. The summed E-state index contributed by atoms with van der Waals surface area (Å²) in [5, 5.41) is 11.1. The predicted molar refractivity (Wildman–Crippen MR) is 73.4 cm³/mol. The van der Waals surface area contributed by atoms with E-state index in [1.165, 1.54) is 0 Å². The van der Waals surface area contributed by atoms with E-state index in [4.69, 9.17) is 5.11 Å². The summed E-state index contributed by atoms with van der Waals surface area (Å²) >= 11 is 0. The van der Waals surface area contributed by atoms with Gasteiger partial charge in [0.2, 0.25) is 0 Å². The van der Waals surface area contributed by atoms with Crippen LogP contribution in [0.5, 0.6) is 0 Å². The van der Waals surface area contributed by atoms with Crippen LogP contribution in [0.3, 0.4) is 0 Å². The van der Waals surface area contributed by atoms with E-state index in [9.17, 15) is 4.79 Å². The van der Waals surface area contributed by atoms with E-state index in [1.807, 2.05) is 36.0 Å². The van der Waals surface area contributed by atoms with Gasteiger partial charge in [-0.2, -0.15) is 0 Å². The van der Waals surface area contributed by atoms with Crippen molar-refractivity contribution in [1.29, 1.82) is 0 Å². The van der Waals surface area contributed by atoms with E-state index in [-0.39, 0.29) is 5.92 Å². The van der Waals surface area contributed by atoms with Crippen molar-refractivity contribution in [1.82, 2.24) is 9.55 Å². The summed E-state index contributed by atoms with van der Waals surface area (Å²) in [4.78, 5) is 14.9. The molecule has 0 aliphatic rings. The first kappa shape index (κ1) is 13.1. The third-order valence-electron chi connectivity index (χ3n) is 3.12. The highest BCUT2D eigenvalue weighted by molar-refractivity contribution is 5.82. The summed E-state index contributed by atoms with van der Waals surface area (Å²) in [6, 6.07) is 7.46. The van der Waals surface area contributed by atoms with Crippen LogP contribution >= 0.6 is 0 Å². The topological polar surface area (TPSA) is 67.2 Å². The average molecular weight is 259 g/mol. The molecule has 0 fully saturated rings. The Bertz CT molecular complexity index is 578. The Morgan fingerprint density at radius 1 is 1.53 bits per heavy atom. The Labute approximate surface area is 111 Å². The van der Waals surface area contributed by atoms with E-state index < -0.39 is 6.09 Å². The van der Waals surface area contributed by atoms with E-state index in [0.717, 1.165) is 17.8 Å². The van der Waals surface area contributed by atoms with Gasteiger partial charge < -0.3 is 9.67 Å². The lowest BCUT2D eigenvalue weighted by Crippen LogP contribution is -2.08. The molecule has 100 valence electrons. The molecule has 0 saturated carbocycles. The molecule has 5 heteroatoms. The maximum absolute atomic E-state index is 10.6. The van der Waals surface area contributed by atoms with Crippen molar-refractivity contribution in [3.8, 4) is 0 Å². The van der Waals surface area contributed by atoms with Gasteiger partial charge in [0, 0.05) is 31.5 Å².